The fraction of sp³-hybridized carbons (Fsp3) is 0.933. The van der Waals surface area contributed by atoms with Gasteiger partial charge in [0.25, 0.3) is 0 Å². The Bertz CT molecular complexity index is 304. The monoisotopic (exact) mass is 272 g/mol. The largest absolute Gasteiger partial charge is 0.460 e. The lowest BCUT2D eigenvalue weighted by molar-refractivity contribution is -0.300. The van der Waals surface area contributed by atoms with Crippen molar-refractivity contribution in [2.75, 3.05) is 0 Å². The third-order valence-corrected chi connectivity index (χ3v) is 2.85. The van der Waals surface area contributed by atoms with E-state index in [1.165, 1.54) is 0 Å². The number of rotatable bonds is 4. The van der Waals surface area contributed by atoms with Crippen molar-refractivity contribution >= 4 is 5.97 Å². The van der Waals surface area contributed by atoms with E-state index in [9.17, 15) is 4.79 Å². The van der Waals surface area contributed by atoms with Crippen LogP contribution >= 0.6 is 0 Å². The van der Waals surface area contributed by atoms with Gasteiger partial charge in [0, 0.05) is 6.42 Å². The van der Waals surface area contributed by atoms with E-state index in [0.717, 1.165) is 19.3 Å². The van der Waals surface area contributed by atoms with Gasteiger partial charge in [-0.25, -0.2) is 0 Å². The van der Waals surface area contributed by atoms with Gasteiger partial charge in [-0.15, -0.1) is 0 Å². The molecule has 1 aliphatic heterocycles. The lowest BCUT2D eigenvalue weighted by atomic mass is 10.0. The summed E-state index contributed by atoms with van der Waals surface area (Å²) in [6.07, 6.45) is 3.18. The van der Waals surface area contributed by atoms with Crippen molar-refractivity contribution in [3.63, 3.8) is 0 Å². The molecule has 0 unspecified atom stereocenters. The molecule has 0 aromatic carbocycles. The summed E-state index contributed by atoms with van der Waals surface area (Å²) in [4.78, 5) is 11.9. The molecule has 1 rings (SSSR count). The molecule has 19 heavy (non-hydrogen) atoms. The quantitative estimate of drug-likeness (QED) is 0.735. The molecule has 0 aliphatic carbocycles. The van der Waals surface area contributed by atoms with E-state index in [4.69, 9.17) is 14.2 Å². The molecule has 0 aromatic heterocycles. The Balaban J connectivity index is 2.54. The van der Waals surface area contributed by atoms with Gasteiger partial charge >= 0.3 is 5.97 Å². The summed E-state index contributed by atoms with van der Waals surface area (Å²) in [5.41, 5.74) is -0.444. The van der Waals surface area contributed by atoms with E-state index in [2.05, 4.69) is 6.92 Å². The molecular formula is C15H28O4. The van der Waals surface area contributed by atoms with Crippen LogP contribution in [0.1, 0.15) is 67.2 Å². The van der Waals surface area contributed by atoms with Crippen LogP contribution in [0, 0.1) is 0 Å². The van der Waals surface area contributed by atoms with E-state index in [0.29, 0.717) is 6.42 Å². The van der Waals surface area contributed by atoms with E-state index >= 15 is 0 Å². The maximum absolute atomic E-state index is 11.9. The van der Waals surface area contributed by atoms with Crippen LogP contribution in [0.15, 0.2) is 0 Å². The SMILES string of the molecule is CCC[C@@H]1C[C@H](CC(=O)OC(C)(C)C)OC(C)(C)O1. The van der Waals surface area contributed by atoms with Gasteiger partial charge in [-0.3, -0.25) is 4.79 Å². The topological polar surface area (TPSA) is 44.8 Å². The lowest BCUT2D eigenvalue weighted by Crippen LogP contribution is -2.45. The fourth-order valence-electron chi connectivity index (χ4n) is 2.41. The van der Waals surface area contributed by atoms with E-state index in [1.54, 1.807) is 0 Å². The number of hydrogen-bond donors (Lipinski definition) is 0. The first-order valence-corrected chi connectivity index (χ1v) is 7.19. The first-order chi connectivity index (χ1) is 8.61. The molecule has 0 amide bonds. The first kappa shape index (κ1) is 16.4. The maximum Gasteiger partial charge on any atom is 0.308 e. The maximum atomic E-state index is 11.9. The second-order valence-corrected chi connectivity index (χ2v) is 6.69. The minimum atomic E-state index is -0.620. The van der Waals surface area contributed by atoms with Crippen molar-refractivity contribution in [1.29, 1.82) is 0 Å². The molecule has 0 N–H and O–H groups in total. The van der Waals surface area contributed by atoms with Gasteiger partial charge in [-0.2, -0.15) is 0 Å². The molecule has 1 aliphatic rings. The van der Waals surface area contributed by atoms with Gasteiger partial charge in [0.1, 0.15) is 5.60 Å². The highest BCUT2D eigenvalue weighted by molar-refractivity contribution is 5.70. The molecule has 4 nitrogen and oxygen atoms in total. The van der Waals surface area contributed by atoms with E-state index in [1.807, 2.05) is 34.6 Å². The second-order valence-electron chi connectivity index (χ2n) is 6.69. The Morgan fingerprint density at radius 3 is 2.37 bits per heavy atom. The van der Waals surface area contributed by atoms with Crippen LogP contribution in [0.5, 0.6) is 0 Å². The second kappa shape index (κ2) is 6.23. The highest BCUT2D eigenvalue weighted by Crippen LogP contribution is 2.30. The van der Waals surface area contributed by atoms with Crippen LogP contribution in [-0.2, 0) is 19.0 Å². The molecular weight excluding hydrogens is 244 g/mol. The summed E-state index contributed by atoms with van der Waals surface area (Å²) in [5, 5.41) is 0. The predicted octanol–water partition coefficient (Wildman–Crippen LogP) is 3.43. The number of carbonyl (C=O) groups excluding carboxylic acids is 1. The molecule has 0 bridgehead atoms. The molecule has 1 saturated heterocycles. The summed E-state index contributed by atoms with van der Waals surface area (Å²) in [7, 11) is 0. The average Bonchev–Trinajstić information content (AvgIpc) is 2.10. The summed E-state index contributed by atoms with van der Waals surface area (Å²) in [6.45, 7) is 11.6. The van der Waals surface area contributed by atoms with Crippen LogP contribution < -0.4 is 0 Å². The predicted molar refractivity (Wildman–Crippen MR) is 73.8 cm³/mol. The molecule has 1 fully saturated rings. The van der Waals surface area contributed by atoms with E-state index < -0.39 is 11.4 Å². The van der Waals surface area contributed by atoms with Crippen molar-refractivity contribution in [2.24, 2.45) is 0 Å². The highest BCUT2D eigenvalue weighted by atomic mass is 16.7. The van der Waals surface area contributed by atoms with Crippen LogP contribution in [-0.4, -0.2) is 29.6 Å². The van der Waals surface area contributed by atoms with Crippen LogP contribution in [0.2, 0.25) is 0 Å². The van der Waals surface area contributed by atoms with Crippen LogP contribution in [0.25, 0.3) is 0 Å². The zero-order valence-corrected chi connectivity index (χ0v) is 13.1. The molecule has 2 atom stereocenters. The fourth-order valence-corrected chi connectivity index (χ4v) is 2.41. The van der Waals surface area contributed by atoms with Gasteiger partial charge in [0.05, 0.1) is 18.6 Å². The first-order valence-electron chi connectivity index (χ1n) is 7.19. The number of hydrogen-bond acceptors (Lipinski definition) is 4. The summed E-state index contributed by atoms with van der Waals surface area (Å²) < 4.78 is 17.0. The van der Waals surface area contributed by atoms with Crippen molar-refractivity contribution in [3.8, 4) is 0 Å². The third-order valence-electron chi connectivity index (χ3n) is 2.85. The Kier molecular flexibility index (Phi) is 5.39. The lowest BCUT2D eigenvalue weighted by Gasteiger charge is -2.40. The normalized spacial score (nSPS) is 27.1. The molecule has 0 aromatic rings. The standard InChI is InChI=1S/C15H28O4/c1-7-8-11-9-12(18-15(5,6)17-11)10-13(16)19-14(2,3)4/h11-12H,7-10H2,1-6H3/t11-,12-/m1/s1. The van der Waals surface area contributed by atoms with Gasteiger partial charge < -0.3 is 14.2 Å². The minimum absolute atomic E-state index is 0.116. The van der Waals surface area contributed by atoms with Crippen molar-refractivity contribution < 1.29 is 19.0 Å². The summed E-state index contributed by atoms with van der Waals surface area (Å²) in [6, 6.07) is 0. The zero-order valence-electron chi connectivity index (χ0n) is 13.1. The zero-order chi connectivity index (χ0) is 14.7. The highest BCUT2D eigenvalue weighted by Gasteiger charge is 2.36. The summed E-state index contributed by atoms with van der Waals surface area (Å²) >= 11 is 0. The summed E-state index contributed by atoms with van der Waals surface area (Å²) in [5.74, 6) is -0.824. The third kappa shape index (κ3) is 6.39. The van der Waals surface area contributed by atoms with Gasteiger partial charge in [-0.1, -0.05) is 13.3 Å². The van der Waals surface area contributed by atoms with Crippen LogP contribution in [0.3, 0.4) is 0 Å². The Labute approximate surface area is 116 Å². The molecule has 0 saturated carbocycles. The molecule has 0 spiro atoms. The Morgan fingerprint density at radius 2 is 1.84 bits per heavy atom. The van der Waals surface area contributed by atoms with E-state index in [-0.39, 0.29) is 18.2 Å². The molecule has 4 heteroatoms. The van der Waals surface area contributed by atoms with Crippen molar-refractivity contribution in [3.05, 3.63) is 0 Å². The number of esters is 1. The smallest absolute Gasteiger partial charge is 0.308 e. The Hall–Kier alpha value is -0.610. The van der Waals surface area contributed by atoms with Gasteiger partial charge in [0.15, 0.2) is 5.79 Å². The number of carbonyl (C=O) groups is 1. The van der Waals surface area contributed by atoms with Gasteiger partial charge in [-0.05, 0) is 41.0 Å². The molecule has 1 heterocycles. The van der Waals surface area contributed by atoms with Crippen molar-refractivity contribution in [2.45, 2.75) is 90.8 Å². The molecule has 112 valence electrons. The number of ether oxygens (including phenoxy) is 3. The Morgan fingerprint density at radius 1 is 1.26 bits per heavy atom. The average molecular weight is 272 g/mol. The minimum Gasteiger partial charge on any atom is -0.460 e. The van der Waals surface area contributed by atoms with Crippen molar-refractivity contribution in [1.82, 2.24) is 0 Å². The van der Waals surface area contributed by atoms with Gasteiger partial charge in [0.2, 0.25) is 0 Å². The van der Waals surface area contributed by atoms with Crippen LogP contribution in [0.4, 0.5) is 0 Å². The molecule has 0 radical (unpaired) electrons.